The van der Waals surface area contributed by atoms with Gasteiger partial charge in [-0.15, -0.1) is 0 Å². The van der Waals surface area contributed by atoms with Crippen molar-refractivity contribution < 1.29 is 27.5 Å². The molecule has 0 bridgehead atoms. The van der Waals surface area contributed by atoms with E-state index in [9.17, 15) is 18.0 Å². The van der Waals surface area contributed by atoms with Crippen molar-refractivity contribution in [2.75, 3.05) is 31.4 Å². The van der Waals surface area contributed by atoms with Gasteiger partial charge in [-0.3, -0.25) is 4.79 Å². The zero-order chi connectivity index (χ0) is 17.2. The van der Waals surface area contributed by atoms with Gasteiger partial charge in [-0.05, 0) is 18.2 Å². The van der Waals surface area contributed by atoms with E-state index in [4.69, 9.17) is 15.4 Å². The first-order valence-corrected chi connectivity index (χ1v) is 9.22. The highest BCUT2D eigenvalue weighted by atomic mass is 35.7. The van der Waals surface area contributed by atoms with Gasteiger partial charge in [0.25, 0.3) is 0 Å². The van der Waals surface area contributed by atoms with Crippen LogP contribution in [0.2, 0.25) is 0 Å². The summed E-state index contributed by atoms with van der Waals surface area (Å²) in [6.45, 7) is 0.221. The fraction of sp³-hybridized carbons (Fsp3) is 0.429. The number of rotatable bonds is 5. The summed E-state index contributed by atoms with van der Waals surface area (Å²) in [6, 6.07) is 4.56. The first-order valence-electron chi connectivity index (χ1n) is 6.74. The van der Waals surface area contributed by atoms with Crippen molar-refractivity contribution in [2.45, 2.75) is 6.42 Å². The number of amides is 1. The summed E-state index contributed by atoms with van der Waals surface area (Å²) in [6.07, 6.45) is 0.0911. The van der Waals surface area contributed by atoms with Crippen LogP contribution in [-0.4, -0.2) is 46.8 Å². The van der Waals surface area contributed by atoms with Crippen LogP contribution in [0, 0.1) is 5.92 Å². The predicted octanol–water partition coefficient (Wildman–Crippen LogP) is 1.40. The molecule has 0 saturated carbocycles. The number of halogens is 1. The largest absolute Gasteiger partial charge is 0.495 e. The van der Waals surface area contributed by atoms with E-state index in [0.717, 1.165) is 0 Å². The molecule has 1 aromatic rings. The van der Waals surface area contributed by atoms with Crippen molar-refractivity contribution in [2.24, 2.45) is 5.92 Å². The number of carbonyl (C=O) groups is 2. The Labute approximate surface area is 138 Å². The van der Waals surface area contributed by atoms with Crippen LogP contribution in [0.4, 0.5) is 5.69 Å². The number of benzene rings is 1. The van der Waals surface area contributed by atoms with Crippen molar-refractivity contribution in [3.8, 4) is 5.75 Å². The lowest BCUT2D eigenvalue weighted by atomic mass is 10.1. The molecule has 1 amide bonds. The van der Waals surface area contributed by atoms with Crippen LogP contribution >= 0.6 is 10.7 Å². The highest BCUT2D eigenvalue weighted by Gasteiger charge is 2.34. The highest BCUT2D eigenvalue weighted by molar-refractivity contribution is 8.13. The van der Waals surface area contributed by atoms with E-state index in [1.807, 2.05) is 0 Å². The lowest BCUT2D eigenvalue weighted by Crippen LogP contribution is -2.26. The van der Waals surface area contributed by atoms with Gasteiger partial charge in [0, 0.05) is 29.6 Å². The van der Waals surface area contributed by atoms with Crippen molar-refractivity contribution in [3.05, 3.63) is 23.8 Å². The molecule has 1 saturated heterocycles. The zero-order valence-corrected chi connectivity index (χ0v) is 14.2. The molecule has 1 atom stereocenters. The Morgan fingerprint density at radius 2 is 2.09 bits per heavy atom. The van der Waals surface area contributed by atoms with E-state index < -0.39 is 15.0 Å². The molecular formula is C14H16ClNO6S. The third-order valence-electron chi connectivity index (χ3n) is 3.53. The molecule has 1 heterocycles. The van der Waals surface area contributed by atoms with E-state index >= 15 is 0 Å². The van der Waals surface area contributed by atoms with Gasteiger partial charge in [-0.2, -0.15) is 0 Å². The monoisotopic (exact) mass is 361 g/mol. The number of nitrogens with zero attached hydrogens (tertiary/aromatic N) is 1. The molecule has 1 fully saturated rings. The molecule has 0 radical (unpaired) electrons. The maximum atomic E-state index is 12.2. The number of esters is 1. The molecule has 23 heavy (non-hydrogen) atoms. The molecule has 126 valence electrons. The first kappa shape index (κ1) is 17.6. The van der Waals surface area contributed by atoms with E-state index in [1.54, 1.807) is 6.07 Å². The number of carbonyl (C=O) groups excluding carboxylic acids is 2. The van der Waals surface area contributed by atoms with Crippen molar-refractivity contribution in [3.63, 3.8) is 0 Å². The fourth-order valence-corrected chi connectivity index (χ4v) is 3.87. The number of methoxy groups -OCH3 is 2. The van der Waals surface area contributed by atoms with E-state index in [-0.39, 0.29) is 30.5 Å². The van der Waals surface area contributed by atoms with E-state index in [2.05, 4.69) is 4.74 Å². The first-order chi connectivity index (χ1) is 10.7. The molecule has 1 aliphatic heterocycles. The maximum absolute atomic E-state index is 12.2. The molecule has 0 aromatic heterocycles. The summed E-state index contributed by atoms with van der Waals surface area (Å²) < 4.78 is 32.2. The van der Waals surface area contributed by atoms with Gasteiger partial charge in [0.15, 0.2) is 0 Å². The second-order valence-electron chi connectivity index (χ2n) is 5.16. The lowest BCUT2D eigenvalue weighted by Gasteiger charge is -2.20. The Hall–Kier alpha value is -1.80. The second kappa shape index (κ2) is 6.76. The summed E-state index contributed by atoms with van der Waals surface area (Å²) in [7, 11) is 4.26. The summed E-state index contributed by atoms with van der Waals surface area (Å²) >= 11 is 0. The molecule has 0 aliphatic carbocycles. The second-order valence-corrected chi connectivity index (χ2v) is 7.98. The summed E-state index contributed by atoms with van der Waals surface area (Å²) in [4.78, 5) is 25.1. The average molecular weight is 362 g/mol. The third kappa shape index (κ3) is 4.14. The Morgan fingerprint density at radius 1 is 1.39 bits per heavy atom. The van der Waals surface area contributed by atoms with Gasteiger partial charge in [0.05, 0.1) is 31.2 Å². The summed E-state index contributed by atoms with van der Waals surface area (Å²) in [5.41, 5.74) is 0.763. The summed E-state index contributed by atoms with van der Waals surface area (Å²) in [5, 5.41) is 0. The predicted molar refractivity (Wildman–Crippen MR) is 84.4 cm³/mol. The van der Waals surface area contributed by atoms with Gasteiger partial charge < -0.3 is 14.4 Å². The van der Waals surface area contributed by atoms with Crippen LogP contribution in [-0.2, 0) is 18.6 Å². The zero-order valence-electron chi connectivity index (χ0n) is 12.6. The Kier molecular flexibility index (Phi) is 5.16. The van der Waals surface area contributed by atoms with Gasteiger partial charge >= 0.3 is 5.97 Å². The van der Waals surface area contributed by atoms with Gasteiger partial charge in [-0.25, -0.2) is 13.2 Å². The average Bonchev–Trinajstić information content (AvgIpc) is 2.83. The van der Waals surface area contributed by atoms with Gasteiger partial charge in [-0.1, -0.05) is 0 Å². The van der Waals surface area contributed by atoms with Crippen molar-refractivity contribution >= 4 is 37.3 Å². The maximum Gasteiger partial charge on any atom is 0.337 e. The quantitative estimate of drug-likeness (QED) is 0.581. The lowest BCUT2D eigenvalue weighted by molar-refractivity contribution is -0.117. The number of ether oxygens (including phenoxy) is 2. The van der Waals surface area contributed by atoms with E-state index in [1.165, 1.54) is 31.3 Å². The number of hydrogen-bond donors (Lipinski definition) is 0. The smallest absolute Gasteiger partial charge is 0.337 e. The fourth-order valence-electron chi connectivity index (χ4n) is 2.55. The minimum atomic E-state index is -3.67. The van der Waals surface area contributed by atoms with Crippen LogP contribution in [0.15, 0.2) is 18.2 Å². The van der Waals surface area contributed by atoms with Gasteiger partial charge in [0.1, 0.15) is 5.75 Å². The SMILES string of the molecule is COC(=O)c1ccc(N2CC(CS(=O)(=O)Cl)CC2=O)c(OC)c1. The van der Waals surface area contributed by atoms with Crippen LogP contribution in [0.5, 0.6) is 5.75 Å². The molecule has 1 unspecified atom stereocenters. The van der Waals surface area contributed by atoms with Crippen LogP contribution in [0.1, 0.15) is 16.8 Å². The number of hydrogen-bond acceptors (Lipinski definition) is 6. The molecule has 1 aromatic carbocycles. The molecule has 1 aliphatic rings. The summed E-state index contributed by atoms with van der Waals surface area (Å²) in [5.74, 6) is -1.06. The van der Waals surface area contributed by atoms with Crippen molar-refractivity contribution in [1.82, 2.24) is 0 Å². The van der Waals surface area contributed by atoms with Crippen molar-refractivity contribution in [1.29, 1.82) is 0 Å². The molecular weight excluding hydrogens is 346 g/mol. The topological polar surface area (TPSA) is 90.0 Å². The number of anilines is 1. The standard InChI is InChI=1S/C14H16ClNO6S/c1-21-12-6-10(14(18)22-2)3-4-11(12)16-7-9(5-13(16)17)8-23(15,19)20/h3-4,6,9H,5,7-8H2,1-2H3. The molecule has 7 nitrogen and oxygen atoms in total. The molecule has 2 rings (SSSR count). The van der Waals surface area contributed by atoms with Gasteiger partial charge in [0.2, 0.25) is 15.0 Å². The van der Waals surface area contributed by atoms with Crippen LogP contribution in [0.3, 0.4) is 0 Å². The van der Waals surface area contributed by atoms with E-state index in [0.29, 0.717) is 17.0 Å². The molecule has 0 N–H and O–H groups in total. The minimum Gasteiger partial charge on any atom is -0.495 e. The third-order valence-corrected chi connectivity index (χ3v) is 4.78. The molecule has 9 heteroatoms. The highest BCUT2D eigenvalue weighted by Crippen LogP contribution is 2.34. The Balaban J connectivity index is 2.27. The minimum absolute atomic E-state index is 0.0911. The van der Waals surface area contributed by atoms with Crippen LogP contribution in [0.25, 0.3) is 0 Å². The normalized spacial score (nSPS) is 18.1. The van der Waals surface area contributed by atoms with Crippen LogP contribution < -0.4 is 9.64 Å². The molecule has 0 spiro atoms. The Bertz CT molecular complexity index is 733. The Morgan fingerprint density at radius 3 is 2.65 bits per heavy atom.